The molecular weight excluding hydrogens is 426 g/mol. The van der Waals surface area contributed by atoms with Gasteiger partial charge in [-0.25, -0.2) is 12.7 Å². The summed E-state index contributed by atoms with van der Waals surface area (Å²) >= 11 is 0. The Morgan fingerprint density at radius 2 is 1.72 bits per heavy atom. The third kappa shape index (κ3) is 7.03. The van der Waals surface area contributed by atoms with Crippen LogP contribution < -0.4 is 10.6 Å². The van der Waals surface area contributed by atoms with Crippen LogP contribution in [0.25, 0.3) is 0 Å². The number of amides is 2. The Hall–Kier alpha value is -2.97. The van der Waals surface area contributed by atoms with Gasteiger partial charge in [-0.05, 0) is 48.6 Å². The molecule has 1 aliphatic heterocycles. The number of rotatable bonds is 8. The highest BCUT2D eigenvalue weighted by atomic mass is 32.2. The molecule has 0 spiro atoms. The molecular formula is C24H29N3O4S. The Kier molecular flexibility index (Phi) is 8.19. The fraction of sp³-hybridized carbons (Fsp3) is 0.333. The number of hydrogen-bond acceptors (Lipinski definition) is 4. The molecule has 1 unspecified atom stereocenters. The molecule has 0 aromatic heterocycles. The van der Waals surface area contributed by atoms with Gasteiger partial charge in [-0.2, -0.15) is 0 Å². The molecule has 2 aromatic rings. The zero-order valence-corrected chi connectivity index (χ0v) is 18.8. The van der Waals surface area contributed by atoms with E-state index in [0.29, 0.717) is 37.2 Å². The van der Waals surface area contributed by atoms with Crippen molar-refractivity contribution in [2.75, 3.05) is 18.4 Å². The highest BCUT2D eigenvalue weighted by molar-refractivity contribution is 7.88. The molecule has 2 N–H and O–H groups in total. The molecule has 1 atom stereocenters. The van der Waals surface area contributed by atoms with Crippen LogP contribution in [0.5, 0.6) is 0 Å². The van der Waals surface area contributed by atoms with E-state index in [9.17, 15) is 18.0 Å². The molecule has 170 valence electrons. The first kappa shape index (κ1) is 23.7. The summed E-state index contributed by atoms with van der Waals surface area (Å²) < 4.78 is 27.3. The number of nitrogens with one attached hydrogen (secondary N) is 2. The molecule has 0 bridgehead atoms. The van der Waals surface area contributed by atoms with Crippen molar-refractivity contribution in [3.05, 3.63) is 78.4 Å². The number of carbonyl (C=O) groups excluding carboxylic acids is 2. The minimum absolute atomic E-state index is 0.0421. The molecule has 3 rings (SSSR count). The largest absolute Gasteiger partial charge is 0.350 e. The Morgan fingerprint density at radius 1 is 1.00 bits per heavy atom. The van der Waals surface area contributed by atoms with Crippen molar-refractivity contribution in [2.45, 2.75) is 37.5 Å². The summed E-state index contributed by atoms with van der Waals surface area (Å²) in [7, 11) is -3.48. The molecule has 0 radical (unpaired) electrons. The first-order valence-electron chi connectivity index (χ1n) is 10.7. The van der Waals surface area contributed by atoms with Crippen LogP contribution in [0.3, 0.4) is 0 Å². The third-order valence-corrected chi connectivity index (χ3v) is 7.26. The predicted octanol–water partition coefficient (Wildman–Crippen LogP) is 2.85. The number of sulfonamides is 1. The van der Waals surface area contributed by atoms with Gasteiger partial charge in [0.15, 0.2) is 0 Å². The lowest BCUT2D eigenvalue weighted by Gasteiger charge is -2.20. The van der Waals surface area contributed by atoms with Gasteiger partial charge in [0.05, 0.1) is 12.2 Å². The van der Waals surface area contributed by atoms with Gasteiger partial charge in [-0.15, -0.1) is 0 Å². The average Bonchev–Trinajstić information content (AvgIpc) is 3.01. The Morgan fingerprint density at radius 3 is 2.41 bits per heavy atom. The minimum atomic E-state index is -3.48. The van der Waals surface area contributed by atoms with Crippen molar-refractivity contribution in [1.29, 1.82) is 0 Å². The smallest absolute Gasteiger partial charge is 0.243 e. The molecule has 1 aliphatic rings. The Labute approximate surface area is 189 Å². The van der Waals surface area contributed by atoms with Crippen molar-refractivity contribution in [3.8, 4) is 0 Å². The highest BCUT2D eigenvalue weighted by Gasteiger charge is 2.26. The highest BCUT2D eigenvalue weighted by Crippen LogP contribution is 2.19. The fourth-order valence-corrected chi connectivity index (χ4v) is 5.31. The predicted molar refractivity (Wildman–Crippen MR) is 125 cm³/mol. The van der Waals surface area contributed by atoms with Crippen LogP contribution >= 0.6 is 0 Å². The summed E-state index contributed by atoms with van der Waals surface area (Å²) in [4.78, 5) is 23.7. The SMILES string of the molecule is C=CC(=O)NC1CCCN(S(=O)(=O)Cc2ccc(NC(=O)Cc3ccccc3)cc2)CC1. The summed E-state index contributed by atoms with van der Waals surface area (Å²) in [6.07, 6.45) is 3.51. The summed E-state index contributed by atoms with van der Waals surface area (Å²) in [6.45, 7) is 4.26. The van der Waals surface area contributed by atoms with E-state index in [1.165, 1.54) is 10.4 Å². The van der Waals surface area contributed by atoms with Gasteiger partial charge in [0.1, 0.15) is 0 Å². The van der Waals surface area contributed by atoms with E-state index >= 15 is 0 Å². The van der Waals surface area contributed by atoms with E-state index in [2.05, 4.69) is 17.2 Å². The maximum atomic E-state index is 12.9. The van der Waals surface area contributed by atoms with Crippen LogP contribution in [0.4, 0.5) is 5.69 Å². The van der Waals surface area contributed by atoms with E-state index in [4.69, 9.17) is 0 Å². The molecule has 2 amide bonds. The van der Waals surface area contributed by atoms with Crippen LogP contribution in [0.2, 0.25) is 0 Å². The van der Waals surface area contributed by atoms with Gasteiger partial charge in [0.2, 0.25) is 21.8 Å². The van der Waals surface area contributed by atoms with Gasteiger partial charge < -0.3 is 10.6 Å². The maximum Gasteiger partial charge on any atom is 0.243 e. The standard InChI is InChI=1S/C24H29N3O4S/c1-2-23(28)25-21-9-6-15-27(16-14-21)32(30,31)18-20-10-12-22(13-11-20)26-24(29)17-19-7-4-3-5-8-19/h2-5,7-8,10-13,21H,1,6,9,14-18H2,(H,25,28)(H,26,29). The second-order valence-corrected chi connectivity index (χ2v) is 9.87. The van der Waals surface area contributed by atoms with Crippen LogP contribution in [0, 0.1) is 0 Å². The molecule has 7 nitrogen and oxygen atoms in total. The first-order chi connectivity index (χ1) is 15.4. The van der Waals surface area contributed by atoms with Gasteiger partial charge in [0.25, 0.3) is 0 Å². The monoisotopic (exact) mass is 455 g/mol. The van der Waals surface area contributed by atoms with Crippen molar-refractivity contribution in [1.82, 2.24) is 9.62 Å². The van der Waals surface area contributed by atoms with Gasteiger partial charge in [-0.1, -0.05) is 49.0 Å². The van der Waals surface area contributed by atoms with E-state index in [1.807, 2.05) is 30.3 Å². The van der Waals surface area contributed by atoms with Gasteiger partial charge in [0, 0.05) is 24.8 Å². The van der Waals surface area contributed by atoms with Gasteiger partial charge >= 0.3 is 0 Å². The fourth-order valence-electron chi connectivity index (χ4n) is 3.73. The average molecular weight is 456 g/mol. The summed E-state index contributed by atoms with van der Waals surface area (Å²) in [6, 6.07) is 16.3. The molecule has 1 heterocycles. The molecule has 0 aliphatic carbocycles. The number of anilines is 1. The van der Waals surface area contributed by atoms with Crippen LogP contribution in [0.1, 0.15) is 30.4 Å². The van der Waals surface area contributed by atoms with Crippen molar-refractivity contribution in [3.63, 3.8) is 0 Å². The summed E-state index contributed by atoms with van der Waals surface area (Å²) in [5.74, 6) is -0.462. The second kappa shape index (κ2) is 11.1. The van der Waals surface area contributed by atoms with Crippen LogP contribution in [0.15, 0.2) is 67.3 Å². The normalized spacial score (nSPS) is 17.2. The topological polar surface area (TPSA) is 95.6 Å². The Bertz CT molecular complexity index is 1040. The minimum Gasteiger partial charge on any atom is -0.350 e. The van der Waals surface area contributed by atoms with Crippen LogP contribution in [-0.2, 0) is 31.8 Å². The van der Waals surface area contributed by atoms with Crippen molar-refractivity contribution >= 4 is 27.5 Å². The zero-order valence-electron chi connectivity index (χ0n) is 18.0. The number of nitrogens with zero attached hydrogens (tertiary/aromatic N) is 1. The summed E-state index contributed by atoms with van der Waals surface area (Å²) in [5.41, 5.74) is 2.21. The van der Waals surface area contributed by atoms with E-state index < -0.39 is 10.0 Å². The van der Waals surface area contributed by atoms with E-state index in [1.54, 1.807) is 24.3 Å². The molecule has 0 saturated carbocycles. The quantitative estimate of drug-likeness (QED) is 0.599. The van der Waals surface area contributed by atoms with E-state index in [0.717, 1.165) is 12.0 Å². The van der Waals surface area contributed by atoms with Crippen molar-refractivity contribution in [2.24, 2.45) is 0 Å². The molecule has 32 heavy (non-hydrogen) atoms. The summed E-state index contributed by atoms with van der Waals surface area (Å²) in [5, 5.41) is 5.69. The molecule has 1 saturated heterocycles. The molecule has 2 aromatic carbocycles. The Balaban J connectivity index is 1.54. The lowest BCUT2D eigenvalue weighted by molar-refractivity contribution is -0.117. The lowest BCUT2D eigenvalue weighted by atomic mass is 10.1. The lowest BCUT2D eigenvalue weighted by Crippen LogP contribution is -2.36. The van der Waals surface area contributed by atoms with Crippen LogP contribution in [-0.4, -0.2) is 43.7 Å². The first-order valence-corrected chi connectivity index (χ1v) is 12.3. The molecule has 1 fully saturated rings. The number of carbonyl (C=O) groups is 2. The van der Waals surface area contributed by atoms with Gasteiger partial charge in [-0.3, -0.25) is 9.59 Å². The van der Waals surface area contributed by atoms with E-state index in [-0.39, 0.29) is 30.0 Å². The maximum absolute atomic E-state index is 12.9. The van der Waals surface area contributed by atoms with Crippen molar-refractivity contribution < 1.29 is 18.0 Å². The second-order valence-electron chi connectivity index (χ2n) is 7.90. The zero-order chi connectivity index (χ0) is 23.0. The number of benzene rings is 2. The number of hydrogen-bond donors (Lipinski definition) is 2. The third-order valence-electron chi connectivity index (χ3n) is 5.41. The molecule has 8 heteroatoms.